The molecule has 0 saturated heterocycles. The molecule has 0 aliphatic rings. The van der Waals surface area contributed by atoms with Crippen LogP contribution in [0.15, 0.2) is 36.4 Å². The van der Waals surface area contributed by atoms with Gasteiger partial charge in [-0.15, -0.1) is 0 Å². The average Bonchev–Trinajstić information content (AvgIpc) is 2.45. The van der Waals surface area contributed by atoms with Gasteiger partial charge >= 0.3 is 0 Å². The van der Waals surface area contributed by atoms with E-state index in [0.717, 1.165) is 30.2 Å². The van der Waals surface area contributed by atoms with Gasteiger partial charge in [-0.3, -0.25) is 0 Å². The number of hydrogen-bond donors (Lipinski definition) is 1. The largest absolute Gasteiger partial charge is 0.493 e. The number of methoxy groups -OCH3 is 1. The van der Waals surface area contributed by atoms with Crippen molar-refractivity contribution in [3.05, 3.63) is 42.0 Å². The SMILES string of the molecule is C=CCOc1ccc(C=C(C)CNCC(C)C)cc1OC. The molecule has 0 amide bonds. The summed E-state index contributed by atoms with van der Waals surface area (Å²) in [6, 6.07) is 5.96. The zero-order valence-electron chi connectivity index (χ0n) is 13.6. The molecule has 0 aliphatic carbocycles. The highest BCUT2D eigenvalue weighted by Gasteiger charge is 2.04. The Morgan fingerprint density at radius 3 is 2.71 bits per heavy atom. The summed E-state index contributed by atoms with van der Waals surface area (Å²) in [5.41, 5.74) is 2.40. The molecule has 0 bridgehead atoms. The normalized spacial score (nSPS) is 11.6. The molecule has 21 heavy (non-hydrogen) atoms. The molecule has 1 N–H and O–H groups in total. The van der Waals surface area contributed by atoms with Crippen LogP contribution in [0.3, 0.4) is 0 Å². The second kappa shape index (κ2) is 9.24. The first-order valence-corrected chi connectivity index (χ1v) is 7.36. The van der Waals surface area contributed by atoms with E-state index in [2.05, 4.69) is 38.7 Å². The molecule has 0 spiro atoms. The third-order valence-corrected chi connectivity index (χ3v) is 2.91. The molecule has 1 aromatic carbocycles. The van der Waals surface area contributed by atoms with E-state index < -0.39 is 0 Å². The first-order valence-electron chi connectivity index (χ1n) is 7.36. The minimum Gasteiger partial charge on any atom is -0.493 e. The second-order valence-corrected chi connectivity index (χ2v) is 5.53. The standard InChI is InChI=1S/C18H27NO2/c1-6-9-21-17-8-7-16(11-18(17)20-5)10-15(4)13-19-12-14(2)3/h6-8,10-11,14,19H,1,9,12-13H2,2-5H3. The van der Waals surface area contributed by atoms with Crippen LogP contribution in [-0.2, 0) is 0 Å². The molecule has 116 valence electrons. The lowest BCUT2D eigenvalue weighted by atomic mass is 10.1. The van der Waals surface area contributed by atoms with Gasteiger partial charge in [-0.05, 0) is 37.1 Å². The quantitative estimate of drug-likeness (QED) is 0.699. The van der Waals surface area contributed by atoms with E-state index in [1.54, 1.807) is 13.2 Å². The molecule has 3 nitrogen and oxygen atoms in total. The van der Waals surface area contributed by atoms with Crippen LogP contribution in [-0.4, -0.2) is 26.8 Å². The van der Waals surface area contributed by atoms with E-state index >= 15 is 0 Å². The smallest absolute Gasteiger partial charge is 0.161 e. The number of rotatable bonds is 9. The highest BCUT2D eigenvalue weighted by Crippen LogP contribution is 2.28. The summed E-state index contributed by atoms with van der Waals surface area (Å²) in [7, 11) is 1.65. The van der Waals surface area contributed by atoms with Crippen molar-refractivity contribution in [2.45, 2.75) is 20.8 Å². The predicted octanol–water partition coefficient (Wildman–Crippen LogP) is 3.91. The van der Waals surface area contributed by atoms with Gasteiger partial charge in [-0.25, -0.2) is 0 Å². The Hall–Kier alpha value is -1.74. The first-order chi connectivity index (χ1) is 10.1. The fourth-order valence-electron chi connectivity index (χ4n) is 1.94. The van der Waals surface area contributed by atoms with E-state index in [9.17, 15) is 0 Å². The zero-order valence-corrected chi connectivity index (χ0v) is 13.6. The average molecular weight is 289 g/mol. The molecule has 0 unspecified atom stereocenters. The van der Waals surface area contributed by atoms with Crippen molar-refractivity contribution in [2.24, 2.45) is 5.92 Å². The lowest BCUT2D eigenvalue weighted by Gasteiger charge is -2.11. The van der Waals surface area contributed by atoms with Gasteiger partial charge in [0.15, 0.2) is 11.5 Å². The number of nitrogens with one attached hydrogen (secondary N) is 1. The van der Waals surface area contributed by atoms with Gasteiger partial charge in [0, 0.05) is 6.54 Å². The fraction of sp³-hybridized carbons (Fsp3) is 0.444. The third kappa shape index (κ3) is 6.50. The van der Waals surface area contributed by atoms with Crippen LogP contribution in [0.1, 0.15) is 26.3 Å². The van der Waals surface area contributed by atoms with Crippen molar-refractivity contribution in [3.8, 4) is 11.5 Å². The zero-order chi connectivity index (χ0) is 15.7. The minimum atomic E-state index is 0.476. The van der Waals surface area contributed by atoms with Gasteiger partial charge in [0.1, 0.15) is 6.61 Å². The van der Waals surface area contributed by atoms with Gasteiger partial charge < -0.3 is 14.8 Å². The third-order valence-electron chi connectivity index (χ3n) is 2.91. The minimum absolute atomic E-state index is 0.476. The summed E-state index contributed by atoms with van der Waals surface area (Å²) in [6.45, 7) is 12.6. The highest BCUT2D eigenvalue weighted by atomic mass is 16.5. The number of hydrogen-bond acceptors (Lipinski definition) is 3. The molecule has 1 rings (SSSR count). The second-order valence-electron chi connectivity index (χ2n) is 5.53. The van der Waals surface area contributed by atoms with Gasteiger partial charge in [-0.2, -0.15) is 0 Å². The molecule has 1 aromatic rings. The fourth-order valence-corrected chi connectivity index (χ4v) is 1.94. The molecule has 0 aliphatic heterocycles. The lowest BCUT2D eigenvalue weighted by Crippen LogP contribution is -2.21. The molecular weight excluding hydrogens is 262 g/mol. The van der Waals surface area contributed by atoms with Crippen LogP contribution in [0.25, 0.3) is 6.08 Å². The monoisotopic (exact) mass is 289 g/mol. The molecular formula is C18H27NO2. The van der Waals surface area contributed by atoms with Gasteiger partial charge in [-0.1, -0.05) is 44.2 Å². The van der Waals surface area contributed by atoms with Gasteiger partial charge in [0.2, 0.25) is 0 Å². The van der Waals surface area contributed by atoms with E-state index in [4.69, 9.17) is 9.47 Å². The first kappa shape index (κ1) is 17.3. The van der Waals surface area contributed by atoms with Crippen LogP contribution >= 0.6 is 0 Å². The molecule has 3 heteroatoms. The van der Waals surface area contributed by atoms with Crippen LogP contribution in [0.2, 0.25) is 0 Å². The lowest BCUT2D eigenvalue weighted by molar-refractivity contribution is 0.326. The molecule has 0 fully saturated rings. The maximum Gasteiger partial charge on any atom is 0.161 e. The Balaban J connectivity index is 2.72. The highest BCUT2D eigenvalue weighted by molar-refractivity contribution is 5.58. The summed E-state index contributed by atoms with van der Waals surface area (Å²) in [5, 5.41) is 3.44. The predicted molar refractivity (Wildman–Crippen MR) is 90.0 cm³/mol. The van der Waals surface area contributed by atoms with E-state index in [1.165, 1.54) is 5.57 Å². The molecule has 0 radical (unpaired) electrons. The van der Waals surface area contributed by atoms with E-state index in [-0.39, 0.29) is 0 Å². The number of benzene rings is 1. The van der Waals surface area contributed by atoms with Crippen molar-refractivity contribution < 1.29 is 9.47 Å². The van der Waals surface area contributed by atoms with Crippen molar-refractivity contribution in [1.82, 2.24) is 5.32 Å². The molecule has 0 saturated carbocycles. The maximum atomic E-state index is 5.55. The molecule has 0 heterocycles. The number of ether oxygens (including phenoxy) is 2. The van der Waals surface area contributed by atoms with E-state index in [0.29, 0.717) is 12.5 Å². The van der Waals surface area contributed by atoms with Crippen LogP contribution in [0, 0.1) is 5.92 Å². The van der Waals surface area contributed by atoms with Crippen molar-refractivity contribution in [2.75, 3.05) is 26.8 Å². The van der Waals surface area contributed by atoms with Gasteiger partial charge in [0.25, 0.3) is 0 Å². The summed E-state index contributed by atoms with van der Waals surface area (Å²) in [6.07, 6.45) is 3.88. The van der Waals surface area contributed by atoms with Gasteiger partial charge in [0.05, 0.1) is 7.11 Å². The summed E-state index contributed by atoms with van der Waals surface area (Å²) in [4.78, 5) is 0. The summed E-state index contributed by atoms with van der Waals surface area (Å²) in [5.74, 6) is 2.15. The summed E-state index contributed by atoms with van der Waals surface area (Å²) >= 11 is 0. The Kier molecular flexibility index (Phi) is 7.62. The van der Waals surface area contributed by atoms with Crippen molar-refractivity contribution in [1.29, 1.82) is 0 Å². The topological polar surface area (TPSA) is 30.5 Å². The van der Waals surface area contributed by atoms with Crippen LogP contribution in [0.4, 0.5) is 0 Å². The summed E-state index contributed by atoms with van der Waals surface area (Å²) < 4.78 is 10.9. The Bertz CT molecular complexity index is 478. The van der Waals surface area contributed by atoms with E-state index in [1.807, 2.05) is 18.2 Å². The molecule has 0 aromatic heterocycles. The van der Waals surface area contributed by atoms with Crippen molar-refractivity contribution in [3.63, 3.8) is 0 Å². The molecule has 0 atom stereocenters. The maximum absolute atomic E-state index is 5.55. The van der Waals surface area contributed by atoms with Crippen LogP contribution < -0.4 is 14.8 Å². The Morgan fingerprint density at radius 2 is 2.10 bits per heavy atom. The van der Waals surface area contributed by atoms with Crippen molar-refractivity contribution >= 4 is 6.08 Å². The van der Waals surface area contributed by atoms with Crippen LogP contribution in [0.5, 0.6) is 11.5 Å². The Labute approximate surface area is 128 Å². The Morgan fingerprint density at radius 1 is 1.33 bits per heavy atom.